The van der Waals surface area contributed by atoms with Crippen LogP contribution in [-0.2, 0) is 6.42 Å². The average molecular weight is 290 g/mol. The molecule has 106 valence electrons. The van der Waals surface area contributed by atoms with Gasteiger partial charge in [-0.2, -0.15) is 0 Å². The molecular formula is C16H19FN2S. The van der Waals surface area contributed by atoms with E-state index in [1.54, 1.807) is 23.5 Å². The molecule has 0 bridgehead atoms. The molecule has 0 saturated carbocycles. The van der Waals surface area contributed by atoms with Crippen LogP contribution in [0.15, 0.2) is 35.8 Å². The van der Waals surface area contributed by atoms with E-state index in [1.165, 1.54) is 18.9 Å². The minimum atomic E-state index is -0.129. The third kappa shape index (κ3) is 3.37. The second-order valence-corrected chi connectivity index (χ2v) is 6.31. The summed E-state index contributed by atoms with van der Waals surface area (Å²) in [7, 11) is 0. The summed E-state index contributed by atoms with van der Waals surface area (Å²) in [6.07, 6.45) is 6.47. The van der Waals surface area contributed by atoms with Gasteiger partial charge in [0.05, 0.1) is 0 Å². The van der Waals surface area contributed by atoms with Gasteiger partial charge in [0.2, 0.25) is 0 Å². The molecule has 2 heterocycles. The van der Waals surface area contributed by atoms with Crippen molar-refractivity contribution in [2.24, 2.45) is 5.92 Å². The Kier molecular flexibility index (Phi) is 4.31. The lowest BCUT2D eigenvalue weighted by molar-refractivity contribution is 0.391. The van der Waals surface area contributed by atoms with Crippen LogP contribution in [0.2, 0.25) is 0 Å². The monoisotopic (exact) mass is 290 g/mol. The van der Waals surface area contributed by atoms with E-state index in [0.29, 0.717) is 5.92 Å². The number of halogens is 1. The van der Waals surface area contributed by atoms with Crippen LogP contribution in [0.25, 0.3) is 0 Å². The van der Waals surface area contributed by atoms with Crippen molar-refractivity contribution < 1.29 is 4.39 Å². The minimum absolute atomic E-state index is 0.129. The zero-order chi connectivity index (χ0) is 13.8. The molecule has 2 aromatic rings. The summed E-state index contributed by atoms with van der Waals surface area (Å²) in [5, 5.41) is 3.17. The zero-order valence-corrected chi connectivity index (χ0v) is 12.3. The Hall–Kier alpha value is -1.42. The molecule has 1 fully saturated rings. The molecule has 1 aromatic carbocycles. The van der Waals surface area contributed by atoms with Crippen molar-refractivity contribution in [2.75, 3.05) is 18.0 Å². The van der Waals surface area contributed by atoms with Crippen LogP contribution < -0.4 is 4.90 Å². The van der Waals surface area contributed by atoms with E-state index in [2.05, 4.69) is 9.88 Å². The number of hydrogen-bond acceptors (Lipinski definition) is 3. The van der Waals surface area contributed by atoms with E-state index in [9.17, 15) is 4.39 Å². The van der Waals surface area contributed by atoms with E-state index in [1.807, 2.05) is 17.6 Å². The number of thiazole rings is 1. The van der Waals surface area contributed by atoms with Gasteiger partial charge in [-0.05, 0) is 49.3 Å². The highest BCUT2D eigenvalue weighted by atomic mass is 32.1. The van der Waals surface area contributed by atoms with Crippen molar-refractivity contribution in [1.29, 1.82) is 0 Å². The standard InChI is InChI=1S/C16H19FN2S/c17-15-5-1-3-13(11-15)6-7-14-4-2-9-19(12-14)16-18-8-10-20-16/h1,3,5,8,10-11,14H,2,4,6-7,9,12H2/t14-/m1/s1. The van der Waals surface area contributed by atoms with Crippen molar-refractivity contribution in [3.63, 3.8) is 0 Å². The van der Waals surface area contributed by atoms with E-state index < -0.39 is 0 Å². The summed E-state index contributed by atoms with van der Waals surface area (Å²) in [5.74, 6) is 0.562. The zero-order valence-electron chi connectivity index (χ0n) is 11.5. The first-order valence-electron chi connectivity index (χ1n) is 7.20. The highest BCUT2D eigenvalue weighted by molar-refractivity contribution is 7.13. The molecule has 1 atom stereocenters. The van der Waals surface area contributed by atoms with Crippen molar-refractivity contribution in [3.05, 3.63) is 47.2 Å². The first-order chi connectivity index (χ1) is 9.81. The van der Waals surface area contributed by atoms with Gasteiger partial charge in [0.1, 0.15) is 5.82 Å². The third-order valence-electron chi connectivity index (χ3n) is 3.94. The average Bonchev–Trinajstić information content (AvgIpc) is 3.00. The predicted molar refractivity (Wildman–Crippen MR) is 81.8 cm³/mol. The van der Waals surface area contributed by atoms with Crippen molar-refractivity contribution in [3.8, 4) is 0 Å². The SMILES string of the molecule is Fc1cccc(CC[C@H]2CCCN(c3nccs3)C2)c1. The fraction of sp³-hybridized carbons (Fsp3) is 0.438. The molecule has 3 rings (SSSR count). The van der Waals surface area contributed by atoms with Crippen molar-refractivity contribution in [1.82, 2.24) is 4.98 Å². The second-order valence-electron chi connectivity index (χ2n) is 5.44. The van der Waals surface area contributed by atoms with Crippen molar-refractivity contribution >= 4 is 16.5 Å². The lowest BCUT2D eigenvalue weighted by Crippen LogP contribution is -2.35. The molecule has 1 aromatic heterocycles. The Morgan fingerprint density at radius 2 is 2.35 bits per heavy atom. The summed E-state index contributed by atoms with van der Waals surface area (Å²) in [4.78, 5) is 6.79. The predicted octanol–water partition coefficient (Wildman–Crippen LogP) is 4.13. The molecule has 1 saturated heterocycles. The number of benzene rings is 1. The number of aromatic nitrogens is 1. The fourth-order valence-corrected chi connectivity index (χ4v) is 3.59. The van der Waals surface area contributed by atoms with Gasteiger partial charge in [0.25, 0.3) is 0 Å². The molecule has 20 heavy (non-hydrogen) atoms. The van der Waals surface area contributed by atoms with Crippen LogP contribution in [0, 0.1) is 11.7 Å². The van der Waals surface area contributed by atoms with Gasteiger partial charge in [-0.15, -0.1) is 11.3 Å². The number of anilines is 1. The largest absolute Gasteiger partial charge is 0.348 e. The number of hydrogen-bond donors (Lipinski definition) is 0. The minimum Gasteiger partial charge on any atom is -0.348 e. The topological polar surface area (TPSA) is 16.1 Å². The molecule has 4 heteroatoms. The molecule has 1 aliphatic rings. The maximum atomic E-state index is 13.2. The molecule has 0 radical (unpaired) electrons. The van der Waals surface area contributed by atoms with Crippen LogP contribution >= 0.6 is 11.3 Å². The maximum absolute atomic E-state index is 13.2. The lowest BCUT2D eigenvalue weighted by Gasteiger charge is -2.32. The van der Waals surface area contributed by atoms with Crippen LogP contribution in [0.5, 0.6) is 0 Å². The Morgan fingerprint density at radius 3 is 3.15 bits per heavy atom. The molecule has 0 N–H and O–H groups in total. The first-order valence-corrected chi connectivity index (χ1v) is 8.08. The Bertz CT molecular complexity index is 541. The molecule has 2 nitrogen and oxygen atoms in total. The number of aryl methyl sites for hydroxylation is 1. The highest BCUT2D eigenvalue weighted by Gasteiger charge is 2.21. The number of rotatable bonds is 4. The summed E-state index contributed by atoms with van der Waals surface area (Å²) in [6.45, 7) is 2.20. The van der Waals surface area contributed by atoms with E-state index in [-0.39, 0.29) is 5.82 Å². The molecule has 0 spiro atoms. The lowest BCUT2D eigenvalue weighted by atomic mass is 9.92. The van der Waals surface area contributed by atoms with Gasteiger partial charge in [-0.1, -0.05) is 12.1 Å². The normalized spacial score (nSPS) is 19.2. The smallest absolute Gasteiger partial charge is 0.185 e. The van der Waals surface area contributed by atoms with Crippen LogP contribution in [0.3, 0.4) is 0 Å². The van der Waals surface area contributed by atoms with Crippen LogP contribution in [-0.4, -0.2) is 18.1 Å². The van der Waals surface area contributed by atoms with Crippen LogP contribution in [0.4, 0.5) is 9.52 Å². The van der Waals surface area contributed by atoms with Gasteiger partial charge >= 0.3 is 0 Å². The molecule has 0 aliphatic carbocycles. The van der Waals surface area contributed by atoms with Gasteiger partial charge < -0.3 is 4.90 Å². The molecule has 1 aliphatic heterocycles. The third-order valence-corrected chi connectivity index (χ3v) is 4.77. The van der Waals surface area contributed by atoms with E-state index >= 15 is 0 Å². The van der Waals surface area contributed by atoms with E-state index in [0.717, 1.165) is 36.6 Å². The van der Waals surface area contributed by atoms with Gasteiger partial charge in [-0.25, -0.2) is 9.37 Å². The first kappa shape index (κ1) is 13.6. The maximum Gasteiger partial charge on any atom is 0.185 e. The van der Waals surface area contributed by atoms with Gasteiger partial charge in [-0.3, -0.25) is 0 Å². The van der Waals surface area contributed by atoms with Gasteiger partial charge in [0.15, 0.2) is 5.13 Å². The summed E-state index contributed by atoms with van der Waals surface area (Å²) >= 11 is 1.71. The highest BCUT2D eigenvalue weighted by Crippen LogP contribution is 2.27. The molecular weight excluding hydrogens is 271 g/mol. The van der Waals surface area contributed by atoms with Crippen LogP contribution in [0.1, 0.15) is 24.8 Å². The summed E-state index contributed by atoms with van der Waals surface area (Å²) < 4.78 is 13.2. The Balaban J connectivity index is 1.55. The summed E-state index contributed by atoms with van der Waals surface area (Å²) in [5.41, 5.74) is 1.11. The summed E-state index contributed by atoms with van der Waals surface area (Å²) in [6, 6.07) is 6.98. The number of piperidine rings is 1. The Morgan fingerprint density at radius 1 is 1.40 bits per heavy atom. The second kappa shape index (κ2) is 6.35. The molecule has 0 unspecified atom stereocenters. The van der Waals surface area contributed by atoms with Gasteiger partial charge in [0, 0.05) is 24.7 Å². The Labute approximate surface area is 123 Å². The fourth-order valence-electron chi connectivity index (χ4n) is 2.91. The van der Waals surface area contributed by atoms with E-state index in [4.69, 9.17) is 0 Å². The van der Waals surface area contributed by atoms with Crippen molar-refractivity contribution in [2.45, 2.75) is 25.7 Å². The number of nitrogens with zero attached hydrogens (tertiary/aromatic N) is 2. The molecule has 0 amide bonds. The quantitative estimate of drug-likeness (QED) is 0.841.